The van der Waals surface area contributed by atoms with E-state index in [0.29, 0.717) is 0 Å². The van der Waals surface area contributed by atoms with Gasteiger partial charge in [0.25, 0.3) is 0 Å². The Hall–Kier alpha value is -1.57. The van der Waals surface area contributed by atoms with E-state index < -0.39 is 0 Å². The summed E-state index contributed by atoms with van der Waals surface area (Å²) in [5.74, 6) is 0. The van der Waals surface area contributed by atoms with Gasteiger partial charge >= 0.3 is 0 Å². The van der Waals surface area contributed by atoms with Crippen LogP contribution in [0.15, 0.2) is 36.7 Å². The van der Waals surface area contributed by atoms with Gasteiger partial charge in [-0.15, -0.1) is 0 Å². The van der Waals surface area contributed by atoms with Gasteiger partial charge < -0.3 is 4.57 Å². The average Bonchev–Trinajstić information content (AvgIpc) is 2.61. The highest BCUT2D eigenvalue weighted by molar-refractivity contribution is 5.62. The van der Waals surface area contributed by atoms with Crippen LogP contribution in [-0.2, 0) is 13.5 Å². The molecule has 14 heavy (non-hydrogen) atoms. The van der Waals surface area contributed by atoms with Crippen LogP contribution < -0.4 is 0 Å². The van der Waals surface area contributed by atoms with Gasteiger partial charge in [-0.25, -0.2) is 4.98 Å². The summed E-state index contributed by atoms with van der Waals surface area (Å²) in [4.78, 5) is 4.37. The summed E-state index contributed by atoms with van der Waals surface area (Å²) in [6.07, 6.45) is 2.85. The van der Waals surface area contributed by atoms with Crippen LogP contribution in [0.4, 0.5) is 0 Å². The van der Waals surface area contributed by atoms with Gasteiger partial charge in [-0.2, -0.15) is 0 Å². The molecule has 0 N–H and O–H groups in total. The normalized spacial score (nSPS) is 10.4. The number of imidazole rings is 1. The first-order valence-electron chi connectivity index (χ1n) is 4.88. The molecule has 2 heteroatoms. The molecule has 0 saturated heterocycles. The van der Waals surface area contributed by atoms with Crippen LogP contribution >= 0.6 is 0 Å². The third-order valence-corrected chi connectivity index (χ3v) is 2.39. The minimum Gasteiger partial charge on any atom is -0.334 e. The monoisotopic (exact) mass is 186 g/mol. The van der Waals surface area contributed by atoms with Gasteiger partial charge in [0.1, 0.15) is 0 Å². The van der Waals surface area contributed by atoms with E-state index >= 15 is 0 Å². The van der Waals surface area contributed by atoms with Crippen molar-refractivity contribution < 1.29 is 0 Å². The molecule has 0 unspecified atom stereocenters. The van der Waals surface area contributed by atoms with Crippen molar-refractivity contribution in [2.75, 3.05) is 0 Å². The molecule has 72 valence electrons. The van der Waals surface area contributed by atoms with Gasteiger partial charge in [0, 0.05) is 12.6 Å². The van der Waals surface area contributed by atoms with Gasteiger partial charge in [-0.05, 0) is 6.42 Å². The number of hydrogen-bond acceptors (Lipinski definition) is 1. The molecule has 0 atom stereocenters. The van der Waals surface area contributed by atoms with Crippen LogP contribution in [0, 0.1) is 0 Å². The van der Waals surface area contributed by atoms with E-state index in [2.05, 4.69) is 40.7 Å². The third-order valence-electron chi connectivity index (χ3n) is 2.39. The lowest BCUT2D eigenvalue weighted by molar-refractivity contribution is 0.920. The topological polar surface area (TPSA) is 17.8 Å². The fourth-order valence-corrected chi connectivity index (χ4v) is 1.70. The van der Waals surface area contributed by atoms with Crippen molar-refractivity contribution in [2.45, 2.75) is 13.3 Å². The molecule has 0 aliphatic heterocycles. The van der Waals surface area contributed by atoms with Crippen LogP contribution in [0.5, 0.6) is 0 Å². The molecule has 0 aliphatic rings. The van der Waals surface area contributed by atoms with Gasteiger partial charge in [0.15, 0.2) is 0 Å². The van der Waals surface area contributed by atoms with Gasteiger partial charge in [-0.3, -0.25) is 0 Å². The van der Waals surface area contributed by atoms with E-state index in [1.165, 1.54) is 17.0 Å². The fourth-order valence-electron chi connectivity index (χ4n) is 1.70. The smallest absolute Gasteiger partial charge is 0.0951 e. The number of benzene rings is 1. The molecule has 0 spiro atoms. The second kappa shape index (κ2) is 3.66. The Morgan fingerprint density at radius 3 is 2.57 bits per heavy atom. The Kier molecular flexibility index (Phi) is 2.35. The largest absolute Gasteiger partial charge is 0.334 e. The Morgan fingerprint density at radius 1 is 1.21 bits per heavy atom. The Balaban J connectivity index is 2.55. The molecule has 0 saturated carbocycles. The average molecular weight is 186 g/mol. The number of nitrogens with zero attached hydrogens (tertiary/aromatic N) is 2. The Bertz CT molecular complexity index is 415. The molecule has 0 fully saturated rings. The van der Waals surface area contributed by atoms with Crippen molar-refractivity contribution in [3.05, 3.63) is 42.4 Å². The number of rotatable bonds is 2. The molecule has 0 aliphatic carbocycles. The molecule has 0 bridgehead atoms. The van der Waals surface area contributed by atoms with Gasteiger partial charge in [0.05, 0.1) is 17.7 Å². The highest BCUT2D eigenvalue weighted by Crippen LogP contribution is 2.22. The van der Waals surface area contributed by atoms with E-state index in [9.17, 15) is 0 Å². The van der Waals surface area contributed by atoms with Crippen molar-refractivity contribution in [2.24, 2.45) is 7.05 Å². The summed E-state index contributed by atoms with van der Waals surface area (Å²) in [5.41, 5.74) is 3.64. The molecule has 0 radical (unpaired) electrons. The lowest BCUT2D eigenvalue weighted by Crippen LogP contribution is -1.92. The maximum absolute atomic E-state index is 4.37. The van der Waals surface area contributed by atoms with Crippen LogP contribution in [0.3, 0.4) is 0 Å². The van der Waals surface area contributed by atoms with Crippen molar-refractivity contribution in [1.82, 2.24) is 9.55 Å². The minimum atomic E-state index is 0.977. The predicted molar refractivity (Wildman–Crippen MR) is 58.0 cm³/mol. The van der Waals surface area contributed by atoms with Crippen molar-refractivity contribution in [3.63, 3.8) is 0 Å². The molecule has 2 nitrogen and oxygen atoms in total. The quantitative estimate of drug-likeness (QED) is 0.705. The first-order valence-corrected chi connectivity index (χ1v) is 4.88. The molecule has 2 rings (SSSR count). The van der Waals surface area contributed by atoms with E-state index in [1.807, 2.05) is 19.4 Å². The molecule has 1 aromatic heterocycles. The van der Waals surface area contributed by atoms with Crippen LogP contribution in [-0.4, -0.2) is 9.55 Å². The number of aromatic nitrogens is 2. The number of aryl methyl sites for hydroxylation is 2. The molecular formula is C12H14N2. The van der Waals surface area contributed by atoms with Crippen molar-refractivity contribution in [1.29, 1.82) is 0 Å². The lowest BCUT2D eigenvalue weighted by Gasteiger charge is -2.04. The summed E-state index contributed by atoms with van der Waals surface area (Å²) >= 11 is 0. The molecule has 2 aromatic rings. The first kappa shape index (κ1) is 9.00. The van der Waals surface area contributed by atoms with E-state index in [1.54, 1.807) is 0 Å². The highest BCUT2D eigenvalue weighted by atomic mass is 15.0. The summed E-state index contributed by atoms with van der Waals surface area (Å²) in [6.45, 7) is 2.13. The molecule has 0 amide bonds. The zero-order valence-electron chi connectivity index (χ0n) is 8.57. The third kappa shape index (κ3) is 1.43. The number of hydrogen-bond donors (Lipinski definition) is 0. The van der Waals surface area contributed by atoms with E-state index in [0.717, 1.165) is 6.42 Å². The van der Waals surface area contributed by atoms with Gasteiger partial charge in [0.2, 0.25) is 0 Å². The van der Waals surface area contributed by atoms with Gasteiger partial charge in [-0.1, -0.05) is 37.3 Å². The lowest BCUT2D eigenvalue weighted by atomic mass is 10.1. The summed E-state index contributed by atoms with van der Waals surface area (Å²) in [7, 11) is 2.04. The van der Waals surface area contributed by atoms with E-state index in [-0.39, 0.29) is 0 Å². The molecular weight excluding hydrogens is 172 g/mol. The predicted octanol–water partition coefficient (Wildman–Crippen LogP) is 2.65. The maximum Gasteiger partial charge on any atom is 0.0951 e. The summed E-state index contributed by atoms with van der Waals surface area (Å²) < 4.78 is 2.08. The van der Waals surface area contributed by atoms with Crippen molar-refractivity contribution in [3.8, 4) is 11.3 Å². The zero-order valence-corrected chi connectivity index (χ0v) is 8.57. The maximum atomic E-state index is 4.37. The molecule has 1 aromatic carbocycles. The van der Waals surface area contributed by atoms with Crippen LogP contribution in [0.25, 0.3) is 11.3 Å². The Labute approximate surface area is 84.2 Å². The standard InChI is InChI=1S/C12H14N2/c1-3-11-12(14(2)9-13-11)10-7-5-4-6-8-10/h4-9H,3H2,1-2H3. The summed E-state index contributed by atoms with van der Waals surface area (Å²) in [5, 5.41) is 0. The van der Waals surface area contributed by atoms with Crippen LogP contribution in [0.2, 0.25) is 0 Å². The highest BCUT2D eigenvalue weighted by Gasteiger charge is 2.08. The van der Waals surface area contributed by atoms with Crippen molar-refractivity contribution >= 4 is 0 Å². The summed E-state index contributed by atoms with van der Waals surface area (Å²) in [6, 6.07) is 10.4. The Morgan fingerprint density at radius 2 is 1.93 bits per heavy atom. The second-order valence-electron chi connectivity index (χ2n) is 3.37. The zero-order chi connectivity index (χ0) is 9.97. The fraction of sp³-hybridized carbons (Fsp3) is 0.250. The second-order valence-corrected chi connectivity index (χ2v) is 3.37. The van der Waals surface area contributed by atoms with E-state index in [4.69, 9.17) is 0 Å². The first-order chi connectivity index (χ1) is 6.83. The SMILES string of the molecule is CCc1ncn(C)c1-c1ccccc1. The van der Waals surface area contributed by atoms with Crippen LogP contribution in [0.1, 0.15) is 12.6 Å². The minimum absolute atomic E-state index is 0.977. The molecule has 1 heterocycles.